The summed E-state index contributed by atoms with van der Waals surface area (Å²) in [5.41, 5.74) is -0.658. The van der Waals surface area contributed by atoms with E-state index in [1.165, 1.54) is 0 Å². The molecule has 12 aromatic rings. The average molecular weight is 701 g/mol. The molecule has 12 aromatic carbocycles. The Bertz CT molecular complexity index is 4540. The first kappa shape index (κ1) is 16.3. The lowest BCUT2D eigenvalue weighted by molar-refractivity contribution is 1.57. The minimum atomic E-state index is -0.739. The molecule has 0 bridgehead atoms. The van der Waals surface area contributed by atoms with Crippen LogP contribution in [-0.4, -0.2) is 0 Å². The van der Waals surface area contributed by atoms with Crippen molar-refractivity contribution in [2.75, 3.05) is 0 Å². The molecule has 248 valence electrons. The maximum atomic E-state index is 10.6. The maximum absolute atomic E-state index is 10.6. The zero-order valence-corrected chi connectivity index (χ0v) is 27.9. The van der Waals surface area contributed by atoms with Crippen molar-refractivity contribution in [3.63, 3.8) is 0 Å². The van der Waals surface area contributed by atoms with Crippen LogP contribution in [0.1, 0.15) is 27.4 Å². The van der Waals surface area contributed by atoms with E-state index in [2.05, 4.69) is 0 Å². The summed E-state index contributed by atoms with van der Waals surface area (Å²) in [6.45, 7) is 0. The van der Waals surface area contributed by atoms with E-state index in [-0.39, 0.29) is 86.9 Å². The predicted octanol–water partition coefficient (Wildman–Crippen LogP) is 15.3. The lowest BCUT2D eigenvalue weighted by atomic mass is 9.81. The first-order valence-electron chi connectivity index (χ1n) is 27.2. The number of hydrogen-bond donors (Lipinski definition) is 0. The predicted molar refractivity (Wildman–Crippen MR) is 233 cm³/mol. The van der Waals surface area contributed by atoms with Gasteiger partial charge in [0.15, 0.2) is 0 Å². The quantitative estimate of drug-likeness (QED) is 0.160. The zero-order valence-electron chi connectivity index (χ0n) is 47.9. The van der Waals surface area contributed by atoms with Crippen LogP contribution < -0.4 is 0 Å². The molecular weight excluding hydrogens is 649 g/mol. The van der Waals surface area contributed by atoms with Crippen LogP contribution >= 0.6 is 0 Å². The third-order valence-corrected chi connectivity index (χ3v) is 10.2. The molecular formula is C54H32. The Balaban J connectivity index is 1.40. The fraction of sp³-hybridized carbons (Fsp3) is 0. The summed E-state index contributed by atoms with van der Waals surface area (Å²) < 4.78 is 188. The van der Waals surface area contributed by atoms with Gasteiger partial charge in [-0.1, -0.05) is 175 Å². The number of rotatable bonds is 4. The van der Waals surface area contributed by atoms with Crippen molar-refractivity contribution in [1.29, 1.82) is 0 Å². The largest absolute Gasteiger partial charge is 0.0636 e. The number of benzene rings is 12. The molecule has 0 aliphatic heterocycles. The molecule has 0 N–H and O–H groups in total. The van der Waals surface area contributed by atoms with Crippen molar-refractivity contribution in [3.8, 4) is 44.5 Å². The van der Waals surface area contributed by atoms with Gasteiger partial charge >= 0.3 is 0 Å². The molecule has 0 atom stereocenters. The third kappa shape index (κ3) is 4.26. The van der Waals surface area contributed by atoms with E-state index in [1.54, 1.807) is 48.5 Å². The van der Waals surface area contributed by atoms with Gasteiger partial charge in [0.2, 0.25) is 0 Å². The number of fused-ring (bicyclic) bond motifs is 1. The van der Waals surface area contributed by atoms with Gasteiger partial charge in [-0.05, 0) is 138 Å². The monoisotopic (exact) mass is 700 g/mol. The molecule has 0 saturated heterocycles. The second kappa shape index (κ2) is 11.2. The smallest absolute Gasteiger partial charge is 0.0622 e. The molecule has 54 heavy (non-hydrogen) atoms. The van der Waals surface area contributed by atoms with Crippen LogP contribution in [0.15, 0.2) is 194 Å². The summed E-state index contributed by atoms with van der Waals surface area (Å²) in [6.07, 6.45) is 0. The van der Waals surface area contributed by atoms with Crippen LogP contribution in [-0.2, 0) is 0 Å². The van der Waals surface area contributed by atoms with Crippen LogP contribution in [0.2, 0.25) is 0 Å². The van der Waals surface area contributed by atoms with Gasteiger partial charge < -0.3 is 0 Å². The molecule has 0 spiro atoms. The molecule has 0 saturated carbocycles. The van der Waals surface area contributed by atoms with Crippen LogP contribution in [0.25, 0.3) is 120 Å². The summed E-state index contributed by atoms with van der Waals surface area (Å²) in [5, 5.41) is -1.64. The molecule has 0 aromatic heterocycles. The van der Waals surface area contributed by atoms with Gasteiger partial charge in [-0.25, -0.2) is 0 Å². The maximum Gasteiger partial charge on any atom is 0.0636 e. The second-order valence-corrected chi connectivity index (χ2v) is 13.2. The summed E-state index contributed by atoms with van der Waals surface area (Å²) in [6, 6.07) is 8.33. The third-order valence-electron chi connectivity index (χ3n) is 10.2. The normalized spacial score (nSPS) is 17.3. The Morgan fingerprint density at radius 2 is 0.796 bits per heavy atom. The fourth-order valence-electron chi connectivity index (χ4n) is 7.80. The van der Waals surface area contributed by atoms with Gasteiger partial charge in [0.1, 0.15) is 0 Å². The summed E-state index contributed by atoms with van der Waals surface area (Å²) in [4.78, 5) is 0. The molecule has 0 heterocycles. The molecule has 0 aliphatic rings. The van der Waals surface area contributed by atoms with Crippen molar-refractivity contribution in [3.05, 3.63) is 194 Å². The van der Waals surface area contributed by atoms with Crippen LogP contribution in [0.3, 0.4) is 0 Å². The minimum Gasteiger partial charge on any atom is -0.0622 e. The molecule has 0 unspecified atom stereocenters. The highest BCUT2D eigenvalue weighted by Gasteiger charge is 2.22. The molecule has 0 nitrogen and oxygen atoms in total. The standard InChI is InChI=1S/C54H32/c1-2-9-34(10-3-1)48-31-43(44-26-22-39-19-17-35-12-6-14-37-24-28-46(44)53(39)50(35)37)32-49(52(48)42-21-16-33-8-4-5-11-41(33)30-42)45-27-23-40-20-18-36-13-7-15-38-25-29-47(45)54(40)51(36)38/h1-32H/i6D,7D,12D,13D,14D,15D,17D,18D,19D,20D,22D,23D,24D,25D,26D,27D,28D,29D,31D,32D. The van der Waals surface area contributed by atoms with E-state index < -0.39 is 132 Å². The Morgan fingerprint density at radius 3 is 1.44 bits per heavy atom. The summed E-state index contributed by atoms with van der Waals surface area (Å²) in [7, 11) is 0. The van der Waals surface area contributed by atoms with Gasteiger partial charge in [0.25, 0.3) is 0 Å². The van der Waals surface area contributed by atoms with E-state index in [0.717, 1.165) is 5.39 Å². The van der Waals surface area contributed by atoms with Gasteiger partial charge in [0.05, 0.1) is 27.4 Å². The lowest BCUT2D eigenvalue weighted by Gasteiger charge is -2.22. The molecule has 0 heteroatoms. The first-order chi connectivity index (χ1) is 35.1. The highest BCUT2D eigenvalue weighted by molar-refractivity contribution is 6.27. The first-order valence-corrected chi connectivity index (χ1v) is 17.2. The van der Waals surface area contributed by atoms with Crippen molar-refractivity contribution in [1.82, 2.24) is 0 Å². The average Bonchev–Trinajstić information content (AvgIpc) is 3.44. The van der Waals surface area contributed by atoms with Gasteiger partial charge in [-0.15, -0.1) is 0 Å². The van der Waals surface area contributed by atoms with E-state index >= 15 is 0 Å². The Kier molecular flexibility index (Phi) is 3.40. The Morgan fingerprint density at radius 1 is 0.296 bits per heavy atom. The number of hydrogen-bond acceptors (Lipinski definition) is 0. The van der Waals surface area contributed by atoms with Gasteiger partial charge in [0, 0.05) is 0 Å². The molecule has 0 radical (unpaired) electrons. The van der Waals surface area contributed by atoms with Crippen molar-refractivity contribution in [2.24, 2.45) is 0 Å². The molecule has 0 aliphatic carbocycles. The van der Waals surface area contributed by atoms with E-state index in [9.17, 15) is 16.4 Å². The van der Waals surface area contributed by atoms with Crippen LogP contribution in [0.5, 0.6) is 0 Å². The molecule has 0 amide bonds. The van der Waals surface area contributed by atoms with Crippen molar-refractivity contribution < 1.29 is 27.4 Å². The van der Waals surface area contributed by atoms with Gasteiger partial charge in [-0.3, -0.25) is 0 Å². The fourth-order valence-corrected chi connectivity index (χ4v) is 7.80. The molecule has 0 fully saturated rings. The highest BCUT2D eigenvalue weighted by atomic mass is 14.2. The topological polar surface area (TPSA) is 0 Å². The van der Waals surface area contributed by atoms with Crippen LogP contribution in [0, 0.1) is 0 Å². The lowest BCUT2D eigenvalue weighted by Crippen LogP contribution is -1.95. The zero-order chi connectivity index (χ0) is 52.7. The highest BCUT2D eigenvalue weighted by Crippen LogP contribution is 2.49. The second-order valence-electron chi connectivity index (χ2n) is 13.2. The summed E-state index contributed by atoms with van der Waals surface area (Å²) >= 11 is 0. The van der Waals surface area contributed by atoms with E-state index in [1.807, 2.05) is 24.3 Å². The van der Waals surface area contributed by atoms with Crippen molar-refractivity contribution >= 4 is 75.4 Å². The Labute approximate surface area is 340 Å². The Hall–Kier alpha value is -7.02. The minimum absolute atomic E-state index is 0.0520. The van der Waals surface area contributed by atoms with Crippen molar-refractivity contribution in [2.45, 2.75) is 0 Å². The van der Waals surface area contributed by atoms with Gasteiger partial charge in [-0.2, -0.15) is 0 Å². The van der Waals surface area contributed by atoms with Crippen LogP contribution in [0.4, 0.5) is 0 Å². The summed E-state index contributed by atoms with van der Waals surface area (Å²) in [5.74, 6) is 0. The molecule has 12 rings (SSSR count). The van der Waals surface area contributed by atoms with E-state index in [4.69, 9.17) is 11.0 Å². The SMILES string of the molecule is [2H]c1c(-c2c([2H])c([2H])c3c([2H])c([2H])c4c([2H])c([2H])c([2H])c5c([2H])c([2H])c2c3c45)c([2H])c(-c2c([2H])c([2H])c3c([2H])c([2H])c4c([2H])c([2H])c([2H])c5c([2H])c([2H])c2c3c45)c(-c2ccc3ccccc3c2)c1-c1ccccc1. The van der Waals surface area contributed by atoms with E-state index in [0.29, 0.717) is 16.5 Å².